The molecule has 1 N–H and O–H groups in total. The van der Waals surface area contributed by atoms with Crippen LogP contribution in [0.5, 0.6) is 17.2 Å². The zero-order valence-corrected chi connectivity index (χ0v) is 21.4. The number of methoxy groups -OCH3 is 1. The Morgan fingerprint density at radius 1 is 1.13 bits per heavy atom. The van der Waals surface area contributed by atoms with Gasteiger partial charge in [-0.05, 0) is 43.7 Å². The Balaban J connectivity index is 0.00000341. The van der Waals surface area contributed by atoms with Crippen molar-refractivity contribution in [2.45, 2.75) is 25.1 Å². The van der Waals surface area contributed by atoms with Crippen LogP contribution in [-0.2, 0) is 16.4 Å². The molecule has 2 aromatic rings. The SMILES string of the molecule is CN=C(NCc1ccc(Oc2ccccc2OC)cc1)N1CCS(=O)(=O)C(C)(C)C1.I. The first-order valence-electron chi connectivity index (χ1n) is 9.83. The van der Waals surface area contributed by atoms with Gasteiger partial charge in [-0.3, -0.25) is 4.99 Å². The molecule has 0 bridgehead atoms. The number of ether oxygens (including phenoxy) is 2. The molecule has 0 spiro atoms. The number of benzene rings is 2. The van der Waals surface area contributed by atoms with Crippen LogP contribution in [0, 0.1) is 0 Å². The third-order valence-electron chi connectivity index (χ3n) is 5.23. The number of nitrogens with one attached hydrogen (secondary N) is 1. The van der Waals surface area contributed by atoms with Gasteiger partial charge in [0.25, 0.3) is 0 Å². The summed E-state index contributed by atoms with van der Waals surface area (Å²) in [6.07, 6.45) is 0. The molecule has 0 saturated carbocycles. The normalized spacial score (nSPS) is 17.4. The number of aliphatic imine (C=N–C) groups is 1. The Labute approximate surface area is 201 Å². The fourth-order valence-electron chi connectivity index (χ4n) is 3.34. The summed E-state index contributed by atoms with van der Waals surface area (Å²) in [5.41, 5.74) is 1.06. The minimum absolute atomic E-state index is 0. The van der Waals surface area contributed by atoms with Crippen LogP contribution >= 0.6 is 24.0 Å². The van der Waals surface area contributed by atoms with Gasteiger partial charge in [0.2, 0.25) is 0 Å². The average molecular weight is 559 g/mol. The minimum Gasteiger partial charge on any atom is -0.493 e. The molecule has 1 heterocycles. The molecule has 1 fully saturated rings. The second kappa shape index (κ2) is 10.5. The van der Waals surface area contributed by atoms with Crippen LogP contribution in [0.3, 0.4) is 0 Å². The first-order valence-corrected chi connectivity index (χ1v) is 11.5. The zero-order chi connectivity index (χ0) is 21.8. The molecular weight excluding hydrogens is 529 g/mol. The van der Waals surface area contributed by atoms with Crippen molar-refractivity contribution < 1.29 is 17.9 Å². The molecule has 0 unspecified atom stereocenters. The molecule has 9 heteroatoms. The van der Waals surface area contributed by atoms with Gasteiger partial charge in [0.05, 0.1) is 17.6 Å². The lowest BCUT2D eigenvalue weighted by Gasteiger charge is -2.39. The highest BCUT2D eigenvalue weighted by molar-refractivity contribution is 14.0. The van der Waals surface area contributed by atoms with E-state index in [1.807, 2.05) is 53.4 Å². The Kier molecular flexibility index (Phi) is 8.58. The van der Waals surface area contributed by atoms with E-state index in [-0.39, 0.29) is 29.7 Å². The molecule has 0 aliphatic carbocycles. The third kappa shape index (κ3) is 6.03. The number of sulfone groups is 1. The smallest absolute Gasteiger partial charge is 0.193 e. The van der Waals surface area contributed by atoms with Crippen LogP contribution in [0.25, 0.3) is 0 Å². The summed E-state index contributed by atoms with van der Waals surface area (Å²) in [5, 5.41) is 3.33. The summed E-state index contributed by atoms with van der Waals surface area (Å²) in [5.74, 6) is 2.89. The van der Waals surface area contributed by atoms with E-state index in [4.69, 9.17) is 9.47 Å². The number of guanidine groups is 1. The molecule has 0 aromatic heterocycles. The van der Waals surface area contributed by atoms with E-state index >= 15 is 0 Å². The average Bonchev–Trinajstić information content (AvgIpc) is 2.72. The first-order chi connectivity index (χ1) is 14.3. The van der Waals surface area contributed by atoms with Gasteiger partial charge in [0, 0.05) is 26.7 Å². The highest BCUT2D eigenvalue weighted by Gasteiger charge is 2.40. The van der Waals surface area contributed by atoms with E-state index < -0.39 is 14.6 Å². The summed E-state index contributed by atoms with van der Waals surface area (Å²) in [7, 11) is 0.239. The van der Waals surface area contributed by atoms with Crippen molar-refractivity contribution in [2.75, 3.05) is 33.0 Å². The monoisotopic (exact) mass is 559 g/mol. The van der Waals surface area contributed by atoms with Crippen LogP contribution in [0.2, 0.25) is 0 Å². The molecule has 2 aromatic carbocycles. The van der Waals surface area contributed by atoms with Crippen molar-refractivity contribution in [3.05, 3.63) is 54.1 Å². The molecule has 7 nitrogen and oxygen atoms in total. The van der Waals surface area contributed by atoms with Gasteiger partial charge < -0.3 is 19.7 Å². The number of hydrogen-bond donors (Lipinski definition) is 1. The molecule has 170 valence electrons. The number of halogens is 1. The van der Waals surface area contributed by atoms with Crippen molar-refractivity contribution in [1.29, 1.82) is 0 Å². The summed E-state index contributed by atoms with van der Waals surface area (Å²) < 4.78 is 34.9. The molecule has 3 rings (SSSR count). The number of nitrogens with zero attached hydrogens (tertiary/aromatic N) is 2. The van der Waals surface area contributed by atoms with Crippen molar-refractivity contribution >= 4 is 39.8 Å². The lowest BCUT2D eigenvalue weighted by Crippen LogP contribution is -2.57. The van der Waals surface area contributed by atoms with Crippen LogP contribution in [-0.4, -0.2) is 57.0 Å². The largest absolute Gasteiger partial charge is 0.493 e. The molecule has 0 amide bonds. The van der Waals surface area contributed by atoms with E-state index in [0.717, 1.165) is 11.3 Å². The van der Waals surface area contributed by atoms with E-state index in [9.17, 15) is 8.42 Å². The Hall–Kier alpha value is -2.01. The van der Waals surface area contributed by atoms with Crippen LogP contribution < -0.4 is 14.8 Å². The standard InChI is InChI=1S/C22H29N3O4S.HI/c1-22(2)16-25(13-14-30(22,26)27)21(23-3)24-15-17-9-11-18(12-10-17)29-20-8-6-5-7-19(20)28-4;/h5-12H,13-16H2,1-4H3,(H,23,24);1H. The van der Waals surface area contributed by atoms with Crippen molar-refractivity contribution in [2.24, 2.45) is 4.99 Å². The number of rotatable bonds is 5. The topological polar surface area (TPSA) is 80.2 Å². The maximum absolute atomic E-state index is 12.2. The lowest BCUT2D eigenvalue weighted by molar-refractivity contribution is 0.353. The quantitative estimate of drug-likeness (QED) is 0.342. The van der Waals surface area contributed by atoms with Gasteiger partial charge in [0.1, 0.15) is 5.75 Å². The summed E-state index contributed by atoms with van der Waals surface area (Å²) in [6, 6.07) is 15.3. The van der Waals surface area contributed by atoms with Gasteiger partial charge >= 0.3 is 0 Å². The van der Waals surface area contributed by atoms with Crippen molar-refractivity contribution in [1.82, 2.24) is 10.2 Å². The molecule has 31 heavy (non-hydrogen) atoms. The molecule has 1 saturated heterocycles. The second-order valence-electron chi connectivity index (χ2n) is 7.80. The van der Waals surface area contributed by atoms with E-state index in [0.29, 0.717) is 37.1 Å². The highest BCUT2D eigenvalue weighted by Crippen LogP contribution is 2.31. The fraction of sp³-hybridized carbons (Fsp3) is 0.409. The maximum Gasteiger partial charge on any atom is 0.193 e. The van der Waals surface area contributed by atoms with Gasteiger partial charge in [-0.15, -0.1) is 24.0 Å². The zero-order valence-electron chi connectivity index (χ0n) is 18.3. The van der Waals surface area contributed by atoms with Crippen LogP contribution in [0.15, 0.2) is 53.5 Å². The predicted octanol–water partition coefficient (Wildman–Crippen LogP) is 3.69. The maximum atomic E-state index is 12.2. The number of para-hydroxylation sites is 2. The minimum atomic E-state index is -3.09. The lowest BCUT2D eigenvalue weighted by atomic mass is 10.2. The molecule has 0 atom stereocenters. The summed E-state index contributed by atoms with van der Waals surface area (Å²) in [6.45, 7) is 4.97. The highest BCUT2D eigenvalue weighted by atomic mass is 127. The Morgan fingerprint density at radius 3 is 2.35 bits per heavy atom. The van der Waals surface area contributed by atoms with Gasteiger partial charge in [-0.1, -0.05) is 24.3 Å². The van der Waals surface area contributed by atoms with Gasteiger partial charge in [-0.2, -0.15) is 0 Å². The molecular formula is C22H30IN3O4S. The predicted molar refractivity (Wildman–Crippen MR) is 135 cm³/mol. The van der Waals surface area contributed by atoms with E-state index in [1.165, 1.54) is 0 Å². The van der Waals surface area contributed by atoms with E-state index in [1.54, 1.807) is 28.0 Å². The van der Waals surface area contributed by atoms with Crippen LogP contribution in [0.4, 0.5) is 0 Å². The van der Waals surface area contributed by atoms with Crippen molar-refractivity contribution in [3.63, 3.8) is 0 Å². The third-order valence-corrected chi connectivity index (χ3v) is 7.76. The Bertz CT molecular complexity index is 1010. The van der Waals surface area contributed by atoms with Gasteiger partial charge in [0.15, 0.2) is 27.3 Å². The molecule has 0 radical (unpaired) electrons. The molecule has 1 aliphatic heterocycles. The Morgan fingerprint density at radius 2 is 1.77 bits per heavy atom. The fourth-order valence-corrected chi connectivity index (χ4v) is 4.71. The molecule has 1 aliphatic rings. The van der Waals surface area contributed by atoms with Crippen LogP contribution in [0.1, 0.15) is 19.4 Å². The van der Waals surface area contributed by atoms with E-state index in [2.05, 4.69) is 10.3 Å². The second-order valence-corrected chi connectivity index (χ2v) is 10.5. The van der Waals surface area contributed by atoms with Gasteiger partial charge in [-0.25, -0.2) is 8.42 Å². The van der Waals surface area contributed by atoms with Crippen molar-refractivity contribution in [3.8, 4) is 17.2 Å². The summed E-state index contributed by atoms with van der Waals surface area (Å²) >= 11 is 0. The number of hydrogen-bond acceptors (Lipinski definition) is 5. The summed E-state index contributed by atoms with van der Waals surface area (Å²) in [4.78, 5) is 6.33. The first kappa shape index (κ1) is 25.3.